The summed E-state index contributed by atoms with van der Waals surface area (Å²) in [5, 5.41) is 0.182. The molecule has 1 N–H and O–H groups in total. The summed E-state index contributed by atoms with van der Waals surface area (Å²) in [6.07, 6.45) is 4.11. The van der Waals surface area contributed by atoms with Crippen molar-refractivity contribution < 1.29 is 13.2 Å². The van der Waals surface area contributed by atoms with E-state index in [1.807, 2.05) is 19.1 Å². The van der Waals surface area contributed by atoms with Crippen LogP contribution in [0.4, 0.5) is 5.69 Å². The van der Waals surface area contributed by atoms with E-state index >= 15 is 0 Å². The normalized spacial score (nSPS) is 15.1. The number of carbonyl (C=O) groups excluding carboxylic acids is 1. The van der Waals surface area contributed by atoms with E-state index in [9.17, 15) is 18.0 Å². The second kappa shape index (κ2) is 9.02. The third kappa shape index (κ3) is 4.39. The van der Waals surface area contributed by atoms with E-state index in [1.165, 1.54) is 29.7 Å². The van der Waals surface area contributed by atoms with Crippen molar-refractivity contribution >= 4 is 32.5 Å². The Kier molecular flexibility index (Phi) is 6.30. The first kappa shape index (κ1) is 23.0. The van der Waals surface area contributed by atoms with E-state index in [0.717, 1.165) is 24.8 Å². The first-order chi connectivity index (χ1) is 15.7. The molecule has 1 aliphatic heterocycles. The molecular formula is C25H29N3O4S. The number of benzene rings is 2. The van der Waals surface area contributed by atoms with E-state index in [-0.39, 0.29) is 21.8 Å². The number of aryl methyl sites for hydroxylation is 1. The van der Waals surface area contributed by atoms with Gasteiger partial charge in [-0.15, -0.1) is 0 Å². The number of fused-ring (bicyclic) bond motifs is 1. The Hall–Kier alpha value is -3.13. The van der Waals surface area contributed by atoms with E-state index in [4.69, 9.17) is 0 Å². The van der Waals surface area contributed by atoms with E-state index in [1.54, 1.807) is 23.1 Å². The number of hydrogen-bond donors (Lipinski definition) is 1. The molecule has 1 amide bonds. The van der Waals surface area contributed by atoms with Gasteiger partial charge in [-0.25, -0.2) is 8.42 Å². The molecule has 1 fully saturated rings. The average Bonchev–Trinajstić information content (AvgIpc) is 2.83. The molecule has 174 valence electrons. The molecule has 1 aliphatic rings. The standard InChI is InChI=1S/C25H29N3O4S/c1-4-18-5-7-19(8-6-18)27(3)33(31,32)20-9-10-23-21(15-20)24(29)22(16-26-23)25(30)28-13-11-17(2)12-14-28/h5-10,15-17H,4,11-14H2,1-3H3,(H,26,29). The smallest absolute Gasteiger partial charge is 0.264 e. The first-order valence-electron chi connectivity index (χ1n) is 11.2. The van der Waals surface area contributed by atoms with E-state index in [2.05, 4.69) is 11.9 Å². The van der Waals surface area contributed by atoms with Gasteiger partial charge in [0.05, 0.1) is 10.6 Å². The summed E-state index contributed by atoms with van der Waals surface area (Å²) < 4.78 is 27.8. The number of likely N-dealkylation sites (tertiary alicyclic amines) is 1. The van der Waals surface area contributed by atoms with Gasteiger partial charge in [-0.1, -0.05) is 26.0 Å². The molecule has 0 radical (unpaired) electrons. The Morgan fingerprint density at radius 1 is 1.12 bits per heavy atom. The molecule has 7 nitrogen and oxygen atoms in total. The van der Waals surface area contributed by atoms with Crippen molar-refractivity contribution in [2.75, 3.05) is 24.4 Å². The summed E-state index contributed by atoms with van der Waals surface area (Å²) in [5.41, 5.74) is 1.71. The lowest BCUT2D eigenvalue weighted by Crippen LogP contribution is -2.40. The van der Waals surface area contributed by atoms with Crippen LogP contribution in [0.1, 0.15) is 42.6 Å². The number of rotatable bonds is 5. The number of anilines is 1. The Morgan fingerprint density at radius 2 is 1.79 bits per heavy atom. The second-order valence-corrected chi connectivity index (χ2v) is 10.7. The van der Waals surface area contributed by atoms with Gasteiger partial charge in [0.2, 0.25) is 5.43 Å². The fraction of sp³-hybridized carbons (Fsp3) is 0.360. The summed E-state index contributed by atoms with van der Waals surface area (Å²) in [5.74, 6) is 0.248. The zero-order valence-electron chi connectivity index (χ0n) is 19.2. The zero-order valence-corrected chi connectivity index (χ0v) is 20.0. The maximum absolute atomic E-state index is 13.3. The van der Waals surface area contributed by atoms with Crippen LogP contribution in [0.25, 0.3) is 10.9 Å². The summed E-state index contributed by atoms with van der Waals surface area (Å²) >= 11 is 0. The van der Waals surface area contributed by atoms with Crippen molar-refractivity contribution in [2.24, 2.45) is 5.92 Å². The van der Waals surface area contributed by atoms with Gasteiger partial charge in [0.1, 0.15) is 5.56 Å². The Balaban J connectivity index is 1.70. The topological polar surface area (TPSA) is 90.6 Å². The number of amides is 1. The summed E-state index contributed by atoms with van der Waals surface area (Å²) in [7, 11) is -2.41. The summed E-state index contributed by atoms with van der Waals surface area (Å²) in [6, 6.07) is 11.7. The highest BCUT2D eigenvalue weighted by molar-refractivity contribution is 7.92. The Morgan fingerprint density at radius 3 is 2.42 bits per heavy atom. The zero-order chi connectivity index (χ0) is 23.8. The molecule has 0 atom stereocenters. The molecule has 4 rings (SSSR count). The molecule has 0 unspecified atom stereocenters. The number of H-pyrrole nitrogens is 1. The molecule has 0 saturated carbocycles. The van der Waals surface area contributed by atoms with Crippen molar-refractivity contribution in [3.63, 3.8) is 0 Å². The fourth-order valence-electron chi connectivity index (χ4n) is 4.14. The summed E-state index contributed by atoms with van der Waals surface area (Å²) in [4.78, 5) is 30.9. The molecule has 0 aliphatic carbocycles. The van der Waals surface area contributed by atoms with Gasteiger partial charge in [0.15, 0.2) is 0 Å². The van der Waals surface area contributed by atoms with Crippen molar-refractivity contribution in [3.05, 3.63) is 70.0 Å². The van der Waals surface area contributed by atoms with Gasteiger partial charge in [-0.05, 0) is 61.1 Å². The van der Waals surface area contributed by atoms with Crippen LogP contribution in [-0.2, 0) is 16.4 Å². The highest BCUT2D eigenvalue weighted by Crippen LogP contribution is 2.25. The number of carbonyl (C=O) groups is 1. The molecule has 3 aromatic rings. The van der Waals surface area contributed by atoms with Crippen LogP contribution in [0.2, 0.25) is 0 Å². The number of nitrogens with zero attached hydrogens (tertiary/aromatic N) is 2. The molecular weight excluding hydrogens is 438 g/mol. The lowest BCUT2D eigenvalue weighted by molar-refractivity contribution is 0.0696. The van der Waals surface area contributed by atoms with E-state index < -0.39 is 15.5 Å². The largest absolute Gasteiger partial charge is 0.360 e. The van der Waals surface area contributed by atoms with Crippen molar-refractivity contribution in [1.82, 2.24) is 9.88 Å². The molecule has 1 aromatic heterocycles. The highest BCUT2D eigenvalue weighted by atomic mass is 32.2. The number of aromatic nitrogens is 1. The third-order valence-corrected chi connectivity index (χ3v) is 8.30. The second-order valence-electron chi connectivity index (χ2n) is 8.71. The minimum Gasteiger partial charge on any atom is -0.360 e. The van der Waals surface area contributed by atoms with Gasteiger partial charge in [0, 0.05) is 37.2 Å². The lowest BCUT2D eigenvalue weighted by Gasteiger charge is -2.30. The monoisotopic (exact) mass is 467 g/mol. The highest BCUT2D eigenvalue weighted by Gasteiger charge is 2.26. The molecule has 2 aromatic carbocycles. The maximum Gasteiger partial charge on any atom is 0.264 e. The Labute approximate surface area is 194 Å². The number of pyridine rings is 1. The number of piperidine rings is 1. The molecule has 2 heterocycles. The number of aromatic amines is 1. The van der Waals surface area contributed by atoms with Gasteiger partial charge in [0.25, 0.3) is 15.9 Å². The molecule has 0 bridgehead atoms. The molecule has 0 spiro atoms. The van der Waals surface area contributed by atoms with Crippen molar-refractivity contribution in [3.8, 4) is 0 Å². The predicted molar refractivity (Wildman–Crippen MR) is 130 cm³/mol. The third-order valence-electron chi connectivity index (χ3n) is 6.52. The van der Waals surface area contributed by atoms with Crippen molar-refractivity contribution in [2.45, 2.75) is 38.0 Å². The molecule has 33 heavy (non-hydrogen) atoms. The maximum atomic E-state index is 13.3. The number of hydrogen-bond acceptors (Lipinski definition) is 4. The van der Waals surface area contributed by atoms with E-state index in [0.29, 0.717) is 30.2 Å². The van der Waals surface area contributed by atoms with Crippen LogP contribution in [0, 0.1) is 5.92 Å². The SMILES string of the molecule is CCc1ccc(N(C)S(=O)(=O)c2ccc3[nH]cc(C(=O)N4CCC(C)CC4)c(=O)c3c2)cc1. The predicted octanol–water partition coefficient (Wildman–Crippen LogP) is 3.79. The van der Waals surface area contributed by atoms with Gasteiger partial charge >= 0.3 is 0 Å². The van der Waals surface area contributed by atoms with Crippen LogP contribution in [0.3, 0.4) is 0 Å². The number of nitrogens with one attached hydrogen (secondary N) is 1. The fourth-order valence-corrected chi connectivity index (χ4v) is 5.36. The first-order valence-corrected chi connectivity index (χ1v) is 12.7. The van der Waals surface area contributed by atoms with Crippen LogP contribution in [0.15, 0.2) is 58.4 Å². The molecule has 1 saturated heterocycles. The van der Waals surface area contributed by atoms with Crippen LogP contribution >= 0.6 is 0 Å². The van der Waals surface area contributed by atoms with Crippen molar-refractivity contribution in [1.29, 1.82) is 0 Å². The van der Waals surface area contributed by atoms with Crippen LogP contribution in [0.5, 0.6) is 0 Å². The average molecular weight is 468 g/mol. The minimum atomic E-state index is -3.89. The van der Waals surface area contributed by atoms with Crippen LogP contribution < -0.4 is 9.73 Å². The molecule has 8 heteroatoms. The van der Waals surface area contributed by atoms with Gasteiger partial charge in [-0.3, -0.25) is 13.9 Å². The quantitative estimate of drug-likeness (QED) is 0.618. The summed E-state index contributed by atoms with van der Waals surface area (Å²) in [6.45, 7) is 5.43. The Bertz CT molecular complexity index is 1340. The number of sulfonamides is 1. The van der Waals surface area contributed by atoms with Crippen LogP contribution in [-0.4, -0.2) is 44.3 Å². The van der Waals surface area contributed by atoms with Gasteiger partial charge < -0.3 is 9.88 Å². The lowest BCUT2D eigenvalue weighted by atomic mass is 9.98. The minimum absolute atomic E-state index is 0.000959. The van der Waals surface area contributed by atoms with Gasteiger partial charge in [-0.2, -0.15) is 0 Å².